The number of anilines is 2. The Kier molecular flexibility index (Phi) is 4.41. The number of hydrogen-bond acceptors (Lipinski definition) is 6. The molecule has 2 aromatic heterocycles. The molecule has 0 unspecified atom stereocenters. The highest BCUT2D eigenvalue weighted by Gasteiger charge is 2.12. The molecule has 0 atom stereocenters. The topological polar surface area (TPSA) is 134 Å². The van der Waals surface area contributed by atoms with Crippen molar-refractivity contribution in [1.82, 2.24) is 24.7 Å². The second-order valence-electron chi connectivity index (χ2n) is 5.13. The van der Waals surface area contributed by atoms with Gasteiger partial charge in [0.05, 0.1) is 0 Å². The predicted molar refractivity (Wildman–Crippen MR) is 79.1 cm³/mol. The normalized spacial score (nSPS) is 11.0. The van der Waals surface area contributed by atoms with Gasteiger partial charge in [0.2, 0.25) is 0 Å². The van der Waals surface area contributed by atoms with Crippen LogP contribution in [0.15, 0.2) is 15.9 Å². The molecule has 21 heavy (non-hydrogen) atoms. The van der Waals surface area contributed by atoms with Crippen LogP contribution in [0.1, 0.15) is 19.7 Å². The van der Waals surface area contributed by atoms with E-state index in [9.17, 15) is 9.59 Å². The van der Waals surface area contributed by atoms with Gasteiger partial charge < -0.3 is 11.1 Å². The first-order valence-corrected chi connectivity index (χ1v) is 6.69. The van der Waals surface area contributed by atoms with Gasteiger partial charge in [0.1, 0.15) is 23.7 Å². The molecule has 9 nitrogen and oxygen atoms in total. The van der Waals surface area contributed by atoms with Crippen LogP contribution in [0.4, 0.5) is 11.5 Å². The number of nitrogens with zero attached hydrogens (tertiary/aromatic N) is 3. The van der Waals surface area contributed by atoms with Crippen LogP contribution in [0.3, 0.4) is 0 Å². The molecule has 114 valence electrons. The molecule has 0 amide bonds. The van der Waals surface area contributed by atoms with Crippen LogP contribution in [-0.4, -0.2) is 31.3 Å². The van der Waals surface area contributed by atoms with E-state index in [1.807, 2.05) is 13.8 Å². The fraction of sp³-hybridized carbons (Fsp3) is 0.500. The molecule has 2 aromatic rings. The van der Waals surface area contributed by atoms with Gasteiger partial charge in [-0.15, -0.1) is 0 Å². The highest BCUT2D eigenvalue weighted by molar-refractivity contribution is 5.60. The minimum absolute atomic E-state index is 0.148. The fourth-order valence-corrected chi connectivity index (χ4v) is 1.96. The first-order valence-electron chi connectivity index (χ1n) is 6.69. The van der Waals surface area contributed by atoms with E-state index < -0.39 is 11.2 Å². The number of H-pyrrole nitrogens is 2. The first kappa shape index (κ1) is 14.8. The summed E-state index contributed by atoms with van der Waals surface area (Å²) in [7, 11) is 0. The van der Waals surface area contributed by atoms with Crippen LogP contribution < -0.4 is 22.3 Å². The number of nitrogens with two attached hydrogens (primary N) is 1. The molecule has 5 N–H and O–H groups in total. The molecule has 0 saturated heterocycles. The second-order valence-corrected chi connectivity index (χ2v) is 5.13. The zero-order chi connectivity index (χ0) is 15.4. The average Bonchev–Trinajstić information content (AvgIpc) is 2.91. The van der Waals surface area contributed by atoms with Crippen LogP contribution in [0.2, 0.25) is 0 Å². The highest BCUT2D eigenvalue weighted by Crippen LogP contribution is 2.11. The summed E-state index contributed by atoms with van der Waals surface area (Å²) in [4.78, 5) is 29.9. The van der Waals surface area contributed by atoms with Gasteiger partial charge in [-0.25, -0.2) is 9.78 Å². The third-order valence-corrected chi connectivity index (χ3v) is 2.92. The second kappa shape index (κ2) is 6.25. The number of rotatable bonds is 6. The molecule has 0 bridgehead atoms. The van der Waals surface area contributed by atoms with Gasteiger partial charge in [-0.1, -0.05) is 13.8 Å². The van der Waals surface area contributed by atoms with Crippen LogP contribution in [-0.2, 0) is 13.0 Å². The van der Waals surface area contributed by atoms with E-state index in [1.54, 1.807) is 0 Å². The number of nitrogens with one attached hydrogen (secondary N) is 3. The molecule has 2 heterocycles. The maximum atomic E-state index is 11.8. The Bertz CT molecular complexity index is 699. The summed E-state index contributed by atoms with van der Waals surface area (Å²) < 4.78 is 1.36. The average molecular weight is 293 g/mol. The summed E-state index contributed by atoms with van der Waals surface area (Å²) in [5, 5.41) is 9.41. The van der Waals surface area contributed by atoms with Gasteiger partial charge in [0, 0.05) is 19.5 Å². The lowest BCUT2D eigenvalue weighted by molar-refractivity contribution is 0.508. The van der Waals surface area contributed by atoms with Gasteiger partial charge in [-0.2, -0.15) is 5.10 Å². The maximum Gasteiger partial charge on any atom is 0.330 e. The minimum Gasteiger partial charge on any atom is -0.383 e. The quantitative estimate of drug-likeness (QED) is 0.569. The SMILES string of the molecule is CC(C)Cn1c(N)c(NCCc2ncn[nH]2)c(=O)[nH]c1=O. The molecule has 0 radical (unpaired) electrons. The smallest absolute Gasteiger partial charge is 0.330 e. The largest absolute Gasteiger partial charge is 0.383 e. The van der Waals surface area contributed by atoms with Crippen LogP contribution >= 0.6 is 0 Å². The predicted octanol–water partition coefficient (Wildman–Crippen LogP) is -0.452. The highest BCUT2D eigenvalue weighted by atomic mass is 16.2. The van der Waals surface area contributed by atoms with Crippen molar-refractivity contribution in [1.29, 1.82) is 0 Å². The molecular formula is C12H19N7O2. The van der Waals surface area contributed by atoms with Crippen LogP contribution in [0, 0.1) is 5.92 Å². The monoisotopic (exact) mass is 293 g/mol. The van der Waals surface area contributed by atoms with Crippen LogP contribution in [0.5, 0.6) is 0 Å². The van der Waals surface area contributed by atoms with Crippen molar-refractivity contribution in [2.45, 2.75) is 26.8 Å². The molecule has 9 heteroatoms. The number of nitrogen functional groups attached to an aromatic ring is 1. The van der Waals surface area contributed by atoms with E-state index in [1.165, 1.54) is 10.9 Å². The summed E-state index contributed by atoms with van der Waals surface area (Å²) in [6.07, 6.45) is 1.97. The number of hydrogen-bond donors (Lipinski definition) is 4. The van der Waals surface area contributed by atoms with E-state index >= 15 is 0 Å². The van der Waals surface area contributed by atoms with Crippen molar-refractivity contribution in [3.63, 3.8) is 0 Å². The Balaban J connectivity index is 2.18. The van der Waals surface area contributed by atoms with Crippen molar-refractivity contribution in [2.24, 2.45) is 5.92 Å². The molecule has 2 rings (SSSR count). The van der Waals surface area contributed by atoms with Crippen molar-refractivity contribution in [3.8, 4) is 0 Å². The molecule has 0 aromatic carbocycles. The molecule has 0 saturated carbocycles. The Labute approximate surface area is 120 Å². The van der Waals surface area contributed by atoms with E-state index in [4.69, 9.17) is 5.73 Å². The van der Waals surface area contributed by atoms with Crippen molar-refractivity contribution < 1.29 is 0 Å². The zero-order valence-electron chi connectivity index (χ0n) is 12.0. The van der Waals surface area contributed by atoms with Crippen molar-refractivity contribution in [2.75, 3.05) is 17.6 Å². The van der Waals surface area contributed by atoms with Gasteiger partial charge in [-0.3, -0.25) is 19.4 Å². The summed E-state index contributed by atoms with van der Waals surface area (Å²) in [6, 6.07) is 0. The summed E-state index contributed by atoms with van der Waals surface area (Å²) >= 11 is 0. The lowest BCUT2D eigenvalue weighted by Crippen LogP contribution is -2.35. The Morgan fingerprint density at radius 1 is 1.43 bits per heavy atom. The summed E-state index contributed by atoms with van der Waals surface area (Å²) in [6.45, 7) is 4.82. The summed E-state index contributed by atoms with van der Waals surface area (Å²) in [5.74, 6) is 1.08. The third-order valence-electron chi connectivity index (χ3n) is 2.92. The molecule has 0 aliphatic carbocycles. The Morgan fingerprint density at radius 3 is 2.81 bits per heavy atom. The van der Waals surface area contributed by atoms with Gasteiger partial charge in [0.15, 0.2) is 0 Å². The molecule has 0 spiro atoms. The maximum absolute atomic E-state index is 11.8. The van der Waals surface area contributed by atoms with E-state index in [0.717, 1.165) is 0 Å². The lowest BCUT2D eigenvalue weighted by atomic mass is 10.2. The van der Waals surface area contributed by atoms with E-state index in [-0.39, 0.29) is 17.4 Å². The molecule has 0 aliphatic rings. The third kappa shape index (κ3) is 3.50. The zero-order valence-corrected chi connectivity index (χ0v) is 12.0. The fourth-order valence-electron chi connectivity index (χ4n) is 1.96. The Hall–Kier alpha value is -2.58. The first-order chi connectivity index (χ1) is 9.99. The van der Waals surface area contributed by atoms with E-state index in [2.05, 4.69) is 25.5 Å². The lowest BCUT2D eigenvalue weighted by Gasteiger charge is -2.15. The summed E-state index contributed by atoms with van der Waals surface area (Å²) in [5.41, 5.74) is 5.13. The Morgan fingerprint density at radius 2 is 2.19 bits per heavy atom. The van der Waals surface area contributed by atoms with Gasteiger partial charge >= 0.3 is 5.69 Å². The van der Waals surface area contributed by atoms with E-state index in [0.29, 0.717) is 25.3 Å². The van der Waals surface area contributed by atoms with Crippen molar-refractivity contribution in [3.05, 3.63) is 33.0 Å². The number of aromatic amines is 2. The molecular weight excluding hydrogens is 274 g/mol. The molecule has 0 fully saturated rings. The standard InChI is InChI=1S/C12H19N7O2/c1-7(2)5-19-10(13)9(11(20)17-12(19)21)14-4-3-8-15-6-16-18-8/h6-7,14H,3-5,13H2,1-2H3,(H,15,16,18)(H,17,20,21). The van der Waals surface area contributed by atoms with Gasteiger partial charge in [0.25, 0.3) is 5.56 Å². The number of aromatic nitrogens is 5. The molecule has 0 aliphatic heterocycles. The van der Waals surface area contributed by atoms with Crippen molar-refractivity contribution >= 4 is 11.5 Å². The minimum atomic E-state index is -0.518. The van der Waals surface area contributed by atoms with Crippen LogP contribution in [0.25, 0.3) is 0 Å². The van der Waals surface area contributed by atoms with Gasteiger partial charge in [-0.05, 0) is 5.92 Å².